The van der Waals surface area contributed by atoms with Gasteiger partial charge in [0.05, 0.1) is 6.54 Å². The summed E-state index contributed by atoms with van der Waals surface area (Å²) < 4.78 is 5.92. The van der Waals surface area contributed by atoms with Gasteiger partial charge in [-0.1, -0.05) is 41.9 Å². The number of benzene rings is 2. The van der Waals surface area contributed by atoms with Crippen molar-refractivity contribution in [3.8, 4) is 11.3 Å². The Bertz CT molecular complexity index is 955. The predicted octanol–water partition coefficient (Wildman–Crippen LogP) is 3.97. The minimum Gasteiger partial charge on any atom is -0.460 e. The van der Waals surface area contributed by atoms with Crippen LogP contribution >= 0.6 is 11.6 Å². The summed E-state index contributed by atoms with van der Waals surface area (Å²) in [7, 11) is 1.78. The second-order valence-corrected chi connectivity index (χ2v) is 6.79. The van der Waals surface area contributed by atoms with Crippen molar-refractivity contribution in [3.05, 3.63) is 83.1 Å². The van der Waals surface area contributed by atoms with Gasteiger partial charge in [0.15, 0.2) is 0 Å². The van der Waals surface area contributed by atoms with Crippen LogP contribution in [0.3, 0.4) is 0 Å². The Kier molecular flexibility index (Phi) is 6.13. The van der Waals surface area contributed by atoms with Gasteiger partial charge in [0.25, 0.3) is 0 Å². The van der Waals surface area contributed by atoms with Crippen LogP contribution in [0, 0.1) is 0 Å². The SMILES string of the molecule is CN(Cc1ccc(-c2ccc(Cl)cc2)o1)[C@@H](C(=O)NC(N)=O)c1ccccc1. The summed E-state index contributed by atoms with van der Waals surface area (Å²) in [5.41, 5.74) is 6.77. The number of imide groups is 1. The van der Waals surface area contributed by atoms with Crippen LogP contribution in [0.4, 0.5) is 4.79 Å². The molecule has 144 valence electrons. The van der Waals surface area contributed by atoms with Crippen molar-refractivity contribution >= 4 is 23.5 Å². The quantitative estimate of drug-likeness (QED) is 0.658. The van der Waals surface area contributed by atoms with Gasteiger partial charge in [-0.25, -0.2) is 4.79 Å². The Morgan fingerprint density at radius 1 is 1.07 bits per heavy atom. The standard InChI is InChI=1S/C21H20ClN3O3/c1-25(19(20(26)24-21(23)27)15-5-3-2-4-6-15)13-17-11-12-18(28-17)14-7-9-16(22)10-8-14/h2-12,19H,13H2,1H3,(H3,23,24,26,27)/t19-/m1/s1. The second-order valence-electron chi connectivity index (χ2n) is 6.35. The van der Waals surface area contributed by atoms with E-state index in [1.807, 2.05) is 54.6 Å². The van der Waals surface area contributed by atoms with Crippen LogP contribution in [-0.2, 0) is 11.3 Å². The zero-order valence-corrected chi connectivity index (χ0v) is 16.0. The molecule has 0 saturated heterocycles. The molecule has 0 spiro atoms. The molecule has 3 aromatic rings. The van der Waals surface area contributed by atoms with Crippen LogP contribution in [0.1, 0.15) is 17.4 Å². The molecule has 3 amide bonds. The fourth-order valence-electron chi connectivity index (χ4n) is 3.00. The Morgan fingerprint density at radius 3 is 2.39 bits per heavy atom. The van der Waals surface area contributed by atoms with E-state index in [-0.39, 0.29) is 0 Å². The maximum Gasteiger partial charge on any atom is 0.318 e. The maximum atomic E-state index is 12.5. The van der Waals surface area contributed by atoms with Gasteiger partial charge < -0.3 is 10.2 Å². The smallest absolute Gasteiger partial charge is 0.318 e. The Hall–Kier alpha value is -3.09. The number of likely N-dealkylation sites (N-methyl/N-ethyl adjacent to an activating group) is 1. The second kappa shape index (κ2) is 8.73. The molecule has 6 nitrogen and oxygen atoms in total. The first-order valence-electron chi connectivity index (χ1n) is 8.64. The molecule has 0 aliphatic carbocycles. The third-order valence-electron chi connectivity index (χ3n) is 4.25. The van der Waals surface area contributed by atoms with Crippen molar-refractivity contribution in [1.82, 2.24) is 10.2 Å². The number of rotatable bonds is 6. The molecule has 1 heterocycles. The van der Waals surface area contributed by atoms with Gasteiger partial charge in [-0.2, -0.15) is 0 Å². The summed E-state index contributed by atoms with van der Waals surface area (Å²) in [6.45, 7) is 0.360. The van der Waals surface area contributed by atoms with Crippen molar-refractivity contribution in [3.63, 3.8) is 0 Å². The lowest BCUT2D eigenvalue weighted by atomic mass is 10.0. The van der Waals surface area contributed by atoms with Crippen LogP contribution in [0.5, 0.6) is 0 Å². The normalized spacial score (nSPS) is 12.0. The zero-order valence-electron chi connectivity index (χ0n) is 15.3. The summed E-state index contributed by atoms with van der Waals surface area (Å²) in [4.78, 5) is 25.5. The lowest BCUT2D eigenvalue weighted by Gasteiger charge is -2.26. The monoisotopic (exact) mass is 397 g/mol. The van der Waals surface area contributed by atoms with E-state index in [2.05, 4.69) is 5.32 Å². The number of hydrogen-bond donors (Lipinski definition) is 2. The highest BCUT2D eigenvalue weighted by Crippen LogP contribution is 2.26. The number of urea groups is 1. The lowest BCUT2D eigenvalue weighted by molar-refractivity contribution is -0.125. The number of carbonyl (C=O) groups is 2. The largest absolute Gasteiger partial charge is 0.460 e. The molecule has 1 aromatic heterocycles. The fourth-order valence-corrected chi connectivity index (χ4v) is 3.13. The summed E-state index contributed by atoms with van der Waals surface area (Å²) >= 11 is 5.92. The van der Waals surface area contributed by atoms with Gasteiger partial charge in [0, 0.05) is 10.6 Å². The molecule has 0 radical (unpaired) electrons. The molecule has 0 fully saturated rings. The number of nitrogens with zero attached hydrogens (tertiary/aromatic N) is 1. The van der Waals surface area contributed by atoms with E-state index in [0.29, 0.717) is 23.1 Å². The van der Waals surface area contributed by atoms with Crippen molar-refractivity contribution in [2.24, 2.45) is 5.73 Å². The van der Waals surface area contributed by atoms with Crippen LogP contribution in [-0.4, -0.2) is 23.9 Å². The van der Waals surface area contributed by atoms with E-state index in [4.69, 9.17) is 21.8 Å². The first kappa shape index (κ1) is 19.7. The number of nitrogens with one attached hydrogen (secondary N) is 1. The number of primary amides is 1. The fraction of sp³-hybridized carbons (Fsp3) is 0.143. The highest BCUT2D eigenvalue weighted by molar-refractivity contribution is 6.30. The minimum absolute atomic E-state index is 0.360. The third-order valence-corrected chi connectivity index (χ3v) is 4.50. The Balaban J connectivity index is 1.80. The van der Waals surface area contributed by atoms with Crippen LogP contribution < -0.4 is 11.1 Å². The van der Waals surface area contributed by atoms with Crippen LogP contribution in [0.2, 0.25) is 5.02 Å². The molecule has 0 aliphatic rings. The molecule has 2 aromatic carbocycles. The molecule has 0 saturated carbocycles. The number of carbonyl (C=O) groups excluding carboxylic acids is 2. The van der Waals surface area contributed by atoms with Gasteiger partial charge >= 0.3 is 6.03 Å². The predicted molar refractivity (Wildman–Crippen MR) is 108 cm³/mol. The third kappa shape index (κ3) is 4.79. The summed E-state index contributed by atoms with van der Waals surface area (Å²) in [6, 6.07) is 18.7. The molecule has 0 bridgehead atoms. The summed E-state index contributed by atoms with van der Waals surface area (Å²) in [6.07, 6.45) is 0. The van der Waals surface area contributed by atoms with Crippen molar-refractivity contribution in [1.29, 1.82) is 0 Å². The van der Waals surface area contributed by atoms with E-state index < -0.39 is 18.0 Å². The molecule has 1 atom stereocenters. The molecular formula is C21H20ClN3O3. The molecule has 0 aliphatic heterocycles. The van der Waals surface area contributed by atoms with Crippen molar-refractivity contribution < 1.29 is 14.0 Å². The van der Waals surface area contributed by atoms with Gasteiger partial charge in [0.2, 0.25) is 5.91 Å². The van der Waals surface area contributed by atoms with Gasteiger partial charge in [-0.05, 0) is 49.0 Å². The maximum absolute atomic E-state index is 12.5. The average Bonchev–Trinajstić information content (AvgIpc) is 3.11. The average molecular weight is 398 g/mol. The number of furan rings is 1. The molecular weight excluding hydrogens is 378 g/mol. The minimum atomic E-state index is -0.887. The topological polar surface area (TPSA) is 88.6 Å². The van der Waals surface area contributed by atoms with E-state index in [0.717, 1.165) is 11.1 Å². The van der Waals surface area contributed by atoms with Crippen LogP contribution in [0.15, 0.2) is 71.1 Å². The Morgan fingerprint density at radius 2 is 1.75 bits per heavy atom. The molecule has 28 heavy (non-hydrogen) atoms. The molecule has 3 N–H and O–H groups in total. The number of halogens is 1. The highest BCUT2D eigenvalue weighted by Gasteiger charge is 2.26. The number of nitrogens with two attached hydrogens (primary N) is 1. The zero-order chi connectivity index (χ0) is 20.1. The number of hydrogen-bond acceptors (Lipinski definition) is 4. The van der Waals surface area contributed by atoms with E-state index in [9.17, 15) is 9.59 Å². The van der Waals surface area contributed by atoms with Crippen molar-refractivity contribution in [2.75, 3.05) is 7.05 Å². The first-order chi connectivity index (χ1) is 13.4. The van der Waals surface area contributed by atoms with Gasteiger partial charge in [-0.15, -0.1) is 0 Å². The summed E-state index contributed by atoms with van der Waals surface area (Å²) in [5.74, 6) is 0.892. The van der Waals surface area contributed by atoms with E-state index >= 15 is 0 Å². The van der Waals surface area contributed by atoms with Crippen LogP contribution in [0.25, 0.3) is 11.3 Å². The van der Waals surface area contributed by atoms with Gasteiger partial charge in [0.1, 0.15) is 17.6 Å². The lowest BCUT2D eigenvalue weighted by Crippen LogP contribution is -2.43. The summed E-state index contributed by atoms with van der Waals surface area (Å²) in [5, 5.41) is 2.81. The molecule has 3 rings (SSSR count). The van der Waals surface area contributed by atoms with Crippen molar-refractivity contribution in [2.45, 2.75) is 12.6 Å². The highest BCUT2D eigenvalue weighted by atomic mass is 35.5. The van der Waals surface area contributed by atoms with E-state index in [1.54, 1.807) is 24.1 Å². The Labute approximate surface area is 167 Å². The van der Waals surface area contributed by atoms with Gasteiger partial charge in [-0.3, -0.25) is 15.0 Å². The molecule has 0 unspecified atom stereocenters. The molecule has 7 heteroatoms. The van der Waals surface area contributed by atoms with E-state index in [1.165, 1.54) is 0 Å². The number of amides is 3. The first-order valence-corrected chi connectivity index (χ1v) is 9.02.